The van der Waals surface area contributed by atoms with Crippen molar-refractivity contribution >= 4 is 11.6 Å². The third-order valence-corrected chi connectivity index (χ3v) is 5.47. The van der Waals surface area contributed by atoms with E-state index in [0.717, 1.165) is 29.3 Å². The normalized spacial score (nSPS) is 27.0. The van der Waals surface area contributed by atoms with Gasteiger partial charge in [-0.15, -0.1) is 0 Å². The maximum absolute atomic E-state index is 6.34. The molecule has 1 nitrogen and oxygen atoms in total. The molecule has 0 amide bonds. The molecule has 1 aliphatic rings. The summed E-state index contributed by atoms with van der Waals surface area (Å²) in [6.45, 7) is 7.92. The third kappa shape index (κ3) is 3.56. The molecule has 1 aliphatic carbocycles. The number of halogens is 1. The molecule has 2 rings (SSSR count). The van der Waals surface area contributed by atoms with E-state index in [2.05, 4.69) is 51.3 Å². The van der Waals surface area contributed by atoms with E-state index in [-0.39, 0.29) is 0 Å². The summed E-state index contributed by atoms with van der Waals surface area (Å²) in [7, 11) is 2.06. The average Bonchev–Trinajstić information content (AvgIpc) is 2.42. The van der Waals surface area contributed by atoms with Crippen LogP contribution in [0.5, 0.6) is 0 Å². The topological polar surface area (TPSA) is 12.0 Å². The average molecular weight is 294 g/mol. The quantitative estimate of drug-likeness (QED) is 0.821. The van der Waals surface area contributed by atoms with Gasteiger partial charge in [-0.25, -0.2) is 0 Å². The van der Waals surface area contributed by atoms with E-state index in [4.69, 9.17) is 11.6 Å². The zero-order valence-corrected chi connectivity index (χ0v) is 14.0. The fourth-order valence-electron chi connectivity index (χ4n) is 3.63. The predicted octanol–water partition coefficient (Wildman–Crippen LogP) is 5.02. The Kier molecular flexibility index (Phi) is 5.51. The van der Waals surface area contributed by atoms with Crippen LogP contribution >= 0.6 is 11.6 Å². The van der Waals surface area contributed by atoms with Crippen LogP contribution in [0.3, 0.4) is 0 Å². The second-order valence-electron chi connectivity index (χ2n) is 6.75. The van der Waals surface area contributed by atoms with E-state index in [0.29, 0.717) is 5.92 Å². The van der Waals surface area contributed by atoms with Crippen LogP contribution in [-0.4, -0.2) is 13.6 Å². The molecule has 0 aliphatic heterocycles. The van der Waals surface area contributed by atoms with Gasteiger partial charge in [0.1, 0.15) is 0 Å². The highest BCUT2D eigenvalue weighted by Gasteiger charge is 2.32. The van der Waals surface area contributed by atoms with Gasteiger partial charge in [-0.05, 0) is 80.6 Å². The standard InChI is InChI=1S/C18H28ClN/c1-12(2)14-7-8-16(11-20-4)17(9-14)15-6-5-13(3)18(19)10-15/h5-6,10,12,14,16-17,20H,7-9,11H2,1-4H3. The van der Waals surface area contributed by atoms with Crippen LogP contribution in [0.1, 0.15) is 50.2 Å². The van der Waals surface area contributed by atoms with E-state index in [1.807, 2.05) is 0 Å². The fourth-order valence-corrected chi connectivity index (χ4v) is 3.81. The molecule has 0 heterocycles. The zero-order valence-electron chi connectivity index (χ0n) is 13.2. The van der Waals surface area contributed by atoms with Crippen LogP contribution in [0, 0.1) is 24.7 Å². The molecule has 1 N–H and O–H groups in total. The minimum Gasteiger partial charge on any atom is -0.319 e. The lowest BCUT2D eigenvalue weighted by atomic mass is 9.68. The number of rotatable bonds is 4. The van der Waals surface area contributed by atoms with Crippen LogP contribution in [0.25, 0.3) is 0 Å². The molecule has 0 saturated heterocycles. The predicted molar refractivity (Wildman–Crippen MR) is 88.5 cm³/mol. The van der Waals surface area contributed by atoms with Crippen molar-refractivity contribution in [2.45, 2.75) is 46.0 Å². The molecule has 0 bridgehead atoms. The number of aryl methyl sites for hydroxylation is 1. The highest BCUT2D eigenvalue weighted by molar-refractivity contribution is 6.31. The second kappa shape index (κ2) is 6.95. The number of hydrogen-bond acceptors (Lipinski definition) is 1. The molecule has 1 fully saturated rings. The van der Waals surface area contributed by atoms with Gasteiger partial charge in [0, 0.05) is 5.02 Å². The number of hydrogen-bond donors (Lipinski definition) is 1. The first-order valence-electron chi connectivity index (χ1n) is 7.93. The molecule has 112 valence electrons. The van der Waals surface area contributed by atoms with Gasteiger partial charge in [-0.3, -0.25) is 0 Å². The maximum Gasteiger partial charge on any atom is 0.0438 e. The molecule has 2 heteroatoms. The summed E-state index contributed by atoms with van der Waals surface area (Å²) in [5.74, 6) is 3.04. The van der Waals surface area contributed by atoms with Crippen LogP contribution in [0.4, 0.5) is 0 Å². The smallest absolute Gasteiger partial charge is 0.0438 e. The summed E-state index contributed by atoms with van der Waals surface area (Å²) in [5, 5.41) is 4.29. The van der Waals surface area contributed by atoms with Crippen molar-refractivity contribution in [2.75, 3.05) is 13.6 Å². The van der Waals surface area contributed by atoms with Crippen LogP contribution < -0.4 is 5.32 Å². The highest BCUT2D eigenvalue weighted by atomic mass is 35.5. The molecule has 1 saturated carbocycles. The van der Waals surface area contributed by atoms with Gasteiger partial charge in [0.05, 0.1) is 0 Å². The van der Waals surface area contributed by atoms with E-state index in [1.165, 1.54) is 30.4 Å². The van der Waals surface area contributed by atoms with Crippen molar-refractivity contribution in [3.05, 3.63) is 34.3 Å². The molecule has 0 aromatic heterocycles. The lowest BCUT2D eigenvalue weighted by Gasteiger charge is -2.38. The van der Waals surface area contributed by atoms with Crippen LogP contribution in [-0.2, 0) is 0 Å². The largest absolute Gasteiger partial charge is 0.319 e. The first-order chi connectivity index (χ1) is 9.52. The van der Waals surface area contributed by atoms with Crippen molar-refractivity contribution in [2.24, 2.45) is 17.8 Å². The number of nitrogens with one attached hydrogen (secondary N) is 1. The fraction of sp³-hybridized carbons (Fsp3) is 0.667. The van der Waals surface area contributed by atoms with Crippen molar-refractivity contribution in [1.29, 1.82) is 0 Å². The van der Waals surface area contributed by atoms with Gasteiger partial charge in [0.15, 0.2) is 0 Å². The molecule has 3 unspecified atom stereocenters. The Morgan fingerprint density at radius 1 is 1.30 bits per heavy atom. The first-order valence-corrected chi connectivity index (χ1v) is 8.31. The molecule has 1 aromatic carbocycles. The van der Waals surface area contributed by atoms with Crippen molar-refractivity contribution in [3.8, 4) is 0 Å². The van der Waals surface area contributed by atoms with Gasteiger partial charge in [0.25, 0.3) is 0 Å². The molecule has 0 spiro atoms. The van der Waals surface area contributed by atoms with E-state index >= 15 is 0 Å². The summed E-state index contributed by atoms with van der Waals surface area (Å²) < 4.78 is 0. The van der Waals surface area contributed by atoms with Crippen molar-refractivity contribution < 1.29 is 0 Å². The Morgan fingerprint density at radius 3 is 2.65 bits per heavy atom. The maximum atomic E-state index is 6.34. The number of benzene rings is 1. The van der Waals surface area contributed by atoms with E-state index < -0.39 is 0 Å². The Bertz CT molecular complexity index is 441. The monoisotopic (exact) mass is 293 g/mol. The Hall–Kier alpha value is -0.530. The SMILES string of the molecule is CNCC1CCC(C(C)C)CC1c1ccc(C)c(Cl)c1. The molecular weight excluding hydrogens is 266 g/mol. The van der Waals surface area contributed by atoms with Gasteiger partial charge < -0.3 is 5.32 Å². The summed E-state index contributed by atoms with van der Waals surface area (Å²) in [5.41, 5.74) is 2.61. The summed E-state index contributed by atoms with van der Waals surface area (Å²) in [4.78, 5) is 0. The molecule has 0 radical (unpaired) electrons. The van der Waals surface area contributed by atoms with Gasteiger partial charge in [-0.1, -0.05) is 37.6 Å². The zero-order chi connectivity index (χ0) is 14.7. The molecule has 20 heavy (non-hydrogen) atoms. The lowest BCUT2D eigenvalue weighted by Crippen LogP contribution is -2.32. The summed E-state index contributed by atoms with van der Waals surface area (Å²) in [6, 6.07) is 6.66. The Morgan fingerprint density at radius 2 is 2.05 bits per heavy atom. The van der Waals surface area contributed by atoms with Crippen molar-refractivity contribution in [3.63, 3.8) is 0 Å². The Balaban J connectivity index is 2.23. The van der Waals surface area contributed by atoms with E-state index in [9.17, 15) is 0 Å². The minimum absolute atomic E-state index is 0.654. The summed E-state index contributed by atoms with van der Waals surface area (Å²) >= 11 is 6.34. The molecule has 3 atom stereocenters. The van der Waals surface area contributed by atoms with Crippen LogP contribution in [0.15, 0.2) is 18.2 Å². The summed E-state index contributed by atoms with van der Waals surface area (Å²) in [6.07, 6.45) is 4.02. The Labute approximate surface area is 129 Å². The highest BCUT2D eigenvalue weighted by Crippen LogP contribution is 2.43. The lowest BCUT2D eigenvalue weighted by molar-refractivity contribution is 0.192. The second-order valence-corrected chi connectivity index (χ2v) is 7.16. The minimum atomic E-state index is 0.654. The van der Waals surface area contributed by atoms with Gasteiger partial charge >= 0.3 is 0 Å². The third-order valence-electron chi connectivity index (χ3n) is 5.07. The molecule has 1 aromatic rings. The van der Waals surface area contributed by atoms with Crippen LogP contribution in [0.2, 0.25) is 5.02 Å². The molecular formula is C18H28ClN. The van der Waals surface area contributed by atoms with Crippen molar-refractivity contribution in [1.82, 2.24) is 5.32 Å². The van der Waals surface area contributed by atoms with E-state index in [1.54, 1.807) is 0 Å². The van der Waals surface area contributed by atoms with Gasteiger partial charge in [-0.2, -0.15) is 0 Å². The van der Waals surface area contributed by atoms with Gasteiger partial charge in [0.2, 0.25) is 0 Å². The first kappa shape index (κ1) is 15.9.